The van der Waals surface area contributed by atoms with E-state index in [4.69, 9.17) is 9.26 Å². The lowest BCUT2D eigenvalue weighted by atomic mass is 10.1. The third kappa shape index (κ3) is 3.14. The van der Waals surface area contributed by atoms with Gasteiger partial charge in [0, 0.05) is 23.0 Å². The Morgan fingerprint density at radius 1 is 1.08 bits per heavy atom. The Morgan fingerprint density at radius 2 is 1.92 bits per heavy atom. The summed E-state index contributed by atoms with van der Waals surface area (Å²) in [7, 11) is 0. The predicted octanol–water partition coefficient (Wildman–Crippen LogP) is 3.55. The summed E-state index contributed by atoms with van der Waals surface area (Å²) in [6.07, 6.45) is -0.391. The number of ether oxygens (including phenoxy) is 1. The molecule has 4 rings (SSSR count). The van der Waals surface area contributed by atoms with Crippen LogP contribution in [-0.4, -0.2) is 30.3 Å². The van der Waals surface area contributed by atoms with Crippen molar-refractivity contribution >= 4 is 23.4 Å². The van der Waals surface area contributed by atoms with Gasteiger partial charge >= 0.3 is 6.09 Å². The third-order valence-corrected chi connectivity index (χ3v) is 3.98. The van der Waals surface area contributed by atoms with E-state index < -0.39 is 12.0 Å². The minimum Gasteiger partial charge on any atom is -0.447 e. The van der Waals surface area contributed by atoms with Crippen molar-refractivity contribution < 1.29 is 18.8 Å². The van der Waals surface area contributed by atoms with Gasteiger partial charge in [0.25, 0.3) is 5.91 Å². The molecular weight excluding hydrogens is 334 g/mol. The largest absolute Gasteiger partial charge is 0.447 e. The van der Waals surface area contributed by atoms with Gasteiger partial charge in [0.15, 0.2) is 11.5 Å². The molecule has 0 spiro atoms. The maximum atomic E-state index is 12.4. The van der Waals surface area contributed by atoms with Crippen LogP contribution in [0.3, 0.4) is 0 Å². The molecule has 3 aromatic rings. The highest BCUT2D eigenvalue weighted by Gasteiger charge is 2.23. The van der Waals surface area contributed by atoms with Crippen molar-refractivity contribution in [2.75, 3.05) is 23.4 Å². The van der Waals surface area contributed by atoms with E-state index in [1.54, 1.807) is 30.3 Å². The summed E-state index contributed by atoms with van der Waals surface area (Å²) < 4.78 is 10.2. The van der Waals surface area contributed by atoms with E-state index in [1.165, 1.54) is 4.90 Å². The first-order valence-electron chi connectivity index (χ1n) is 8.08. The molecule has 0 saturated carbocycles. The molecule has 7 nitrogen and oxygen atoms in total. The molecular formula is C19H15N3O4. The van der Waals surface area contributed by atoms with Crippen molar-refractivity contribution in [2.45, 2.75) is 0 Å². The maximum absolute atomic E-state index is 12.4. The van der Waals surface area contributed by atoms with E-state index in [1.807, 2.05) is 30.3 Å². The van der Waals surface area contributed by atoms with Crippen LogP contribution in [0.5, 0.6) is 0 Å². The van der Waals surface area contributed by atoms with E-state index in [2.05, 4.69) is 10.5 Å². The normalized spacial score (nSPS) is 13.5. The zero-order valence-electron chi connectivity index (χ0n) is 13.7. The van der Waals surface area contributed by atoms with Gasteiger partial charge in [-0.05, 0) is 18.2 Å². The van der Waals surface area contributed by atoms with Gasteiger partial charge in [0.1, 0.15) is 6.61 Å². The summed E-state index contributed by atoms with van der Waals surface area (Å²) in [6.45, 7) is 0.844. The van der Waals surface area contributed by atoms with Gasteiger partial charge < -0.3 is 14.6 Å². The number of benzene rings is 2. The monoisotopic (exact) mass is 349 g/mol. The standard InChI is InChI=1S/C19H15N3O4/c23-18(16-12-17(26-21-16)13-5-2-1-3-6-13)20-14-7-4-8-15(11-14)22-9-10-25-19(22)24/h1-8,11-12H,9-10H2,(H,20,23). The Labute approximate surface area is 149 Å². The van der Waals surface area contributed by atoms with Gasteiger partial charge in [-0.3, -0.25) is 9.69 Å². The molecule has 1 aromatic heterocycles. The summed E-state index contributed by atoms with van der Waals surface area (Å²) in [5.41, 5.74) is 2.23. The molecule has 2 heterocycles. The van der Waals surface area contributed by atoms with E-state index in [-0.39, 0.29) is 5.69 Å². The first-order valence-corrected chi connectivity index (χ1v) is 8.08. The molecule has 1 aliphatic heterocycles. The van der Waals surface area contributed by atoms with Crippen molar-refractivity contribution in [3.8, 4) is 11.3 Å². The quantitative estimate of drug-likeness (QED) is 0.778. The molecule has 0 aliphatic carbocycles. The van der Waals surface area contributed by atoms with E-state index >= 15 is 0 Å². The topological polar surface area (TPSA) is 84.7 Å². The highest BCUT2D eigenvalue weighted by molar-refractivity contribution is 6.03. The predicted molar refractivity (Wildman–Crippen MR) is 95.0 cm³/mol. The fraction of sp³-hybridized carbons (Fsp3) is 0.105. The van der Waals surface area contributed by atoms with Gasteiger partial charge in [-0.1, -0.05) is 41.6 Å². The fourth-order valence-corrected chi connectivity index (χ4v) is 2.70. The number of hydrogen-bond acceptors (Lipinski definition) is 5. The molecule has 1 aliphatic rings. The number of carbonyl (C=O) groups excluding carboxylic acids is 2. The third-order valence-electron chi connectivity index (χ3n) is 3.98. The summed E-state index contributed by atoms with van der Waals surface area (Å²) >= 11 is 0. The van der Waals surface area contributed by atoms with Crippen LogP contribution < -0.4 is 10.2 Å². The Balaban J connectivity index is 1.50. The zero-order valence-corrected chi connectivity index (χ0v) is 13.7. The van der Waals surface area contributed by atoms with Gasteiger partial charge in [0.05, 0.1) is 6.54 Å². The number of aromatic nitrogens is 1. The number of cyclic esters (lactones) is 1. The Kier molecular flexibility index (Phi) is 4.10. The number of amides is 2. The molecule has 26 heavy (non-hydrogen) atoms. The molecule has 0 atom stereocenters. The van der Waals surface area contributed by atoms with Crippen LogP contribution in [0.1, 0.15) is 10.5 Å². The van der Waals surface area contributed by atoms with Crippen LogP contribution in [0.15, 0.2) is 65.2 Å². The smallest absolute Gasteiger partial charge is 0.414 e. The SMILES string of the molecule is O=C(Nc1cccc(N2CCOC2=O)c1)c1cc(-c2ccccc2)on1. The number of carbonyl (C=O) groups is 2. The van der Waals surface area contributed by atoms with Crippen molar-refractivity contribution in [2.24, 2.45) is 0 Å². The molecule has 0 unspecified atom stereocenters. The lowest BCUT2D eigenvalue weighted by molar-refractivity contribution is 0.101. The number of hydrogen-bond donors (Lipinski definition) is 1. The van der Waals surface area contributed by atoms with Crippen LogP contribution in [0.4, 0.5) is 16.2 Å². The number of nitrogens with zero attached hydrogens (tertiary/aromatic N) is 2. The average molecular weight is 349 g/mol. The lowest BCUT2D eigenvalue weighted by Gasteiger charge is -2.13. The molecule has 130 valence electrons. The second-order valence-electron chi connectivity index (χ2n) is 5.71. The first kappa shape index (κ1) is 15.9. The Morgan fingerprint density at radius 3 is 2.69 bits per heavy atom. The fourth-order valence-electron chi connectivity index (χ4n) is 2.70. The maximum Gasteiger partial charge on any atom is 0.414 e. The molecule has 1 saturated heterocycles. The van der Waals surface area contributed by atoms with Crippen LogP contribution in [0, 0.1) is 0 Å². The minimum atomic E-state index is -0.392. The molecule has 7 heteroatoms. The second-order valence-corrected chi connectivity index (χ2v) is 5.71. The number of rotatable bonds is 4. The highest BCUT2D eigenvalue weighted by atomic mass is 16.6. The summed E-state index contributed by atoms with van der Waals surface area (Å²) in [4.78, 5) is 25.6. The summed E-state index contributed by atoms with van der Waals surface area (Å²) in [5.74, 6) is 0.126. The van der Waals surface area contributed by atoms with E-state index in [9.17, 15) is 9.59 Å². The zero-order chi connectivity index (χ0) is 17.9. The molecule has 0 bridgehead atoms. The summed E-state index contributed by atoms with van der Waals surface area (Å²) in [6, 6.07) is 18.0. The van der Waals surface area contributed by atoms with Crippen LogP contribution in [-0.2, 0) is 4.74 Å². The second kappa shape index (κ2) is 6.72. The Hall–Kier alpha value is -3.61. The number of nitrogens with one attached hydrogen (secondary N) is 1. The van der Waals surface area contributed by atoms with Crippen LogP contribution in [0.25, 0.3) is 11.3 Å². The van der Waals surface area contributed by atoms with Crippen molar-refractivity contribution in [1.29, 1.82) is 0 Å². The van der Waals surface area contributed by atoms with E-state index in [0.717, 1.165) is 5.56 Å². The molecule has 2 aromatic carbocycles. The van der Waals surface area contributed by atoms with Crippen LogP contribution in [0.2, 0.25) is 0 Å². The first-order chi connectivity index (χ1) is 12.7. The lowest BCUT2D eigenvalue weighted by Crippen LogP contribution is -2.23. The minimum absolute atomic E-state index is 0.176. The van der Waals surface area contributed by atoms with Crippen molar-refractivity contribution in [3.63, 3.8) is 0 Å². The molecule has 1 N–H and O–H groups in total. The van der Waals surface area contributed by atoms with E-state index in [0.29, 0.717) is 30.3 Å². The van der Waals surface area contributed by atoms with Crippen molar-refractivity contribution in [1.82, 2.24) is 5.16 Å². The molecule has 1 fully saturated rings. The van der Waals surface area contributed by atoms with Gasteiger partial charge in [-0.15, -0.1) is 0 Å². The van der Waals surface area contributed by atoms with Crippen LogP contribution >= 0.6 is 0 Å². The van der Waals surface area contributed by atoms with Gasteiger partial charge in [-0.25, -0.2) is 4.79 Å². The summed E-state index contributed by atoms with van der Waals surface area (Å²) in [5, 5.41) is 6.59. The molecule has 0 radical (unpaired) electrons. The Bertz CT molecular complexity index is 952. The molecule has 2 amide bonds. The van der Waals surface area contributed by atoms with Gasteiger partial charge in [0.2, 0.25) is 0 Å². The number of anilines is 2. The highest BCUT2D eigenvalue weighted by Crippen LogP contribution is 2.24. The average Bonchev–Trinajstić information content (AvgIpc) is 3.32. The van der Waals surface area contributed by atoms with Gasteiger partial charge in [-0.2, -0.15) is 0 Å². The van der Waals surface area contributed by atoms with Crippen molar-refractivity contribution in [3.05, 3.63) is 66.4 Å².